The van der Waals surface area contributed by atoms with Crippen LogP contribution in [0.5, 0.6) is 0 Å². The summed E-state index contributed by atoms with van der Waals surface area (Å²) in [5, 5.41) is 0. The first-order chi connectivity index (χ1) is 8.36. The molecule has 0 aromatic rings. The minimum absolute atomic E-state index is 0.608. The smallest absolute Gasteiger partial charge is 0.0618 e. The lowest BCUT2D eigenvalue weighted by atomic mass is 9.85. The van der Waals surface area contributed by atoms with Gasteiger partial charge in [0.1, 0.15) is 0 Å². The number of fused-ring (bicyclic) bond motifs is 1. The van der Waals surface area contributed by atoms with E-state index in [0.717, 1.165) is 31.5 Å². The summed E-state index contributed by atoms with van der Waals surface area (Å²) in [6.07, 6.45) is 9.48. The fourth-order valence-electron chi connectivity index (χ4n) is 3.79. The van der Waals surface area contributed by atoms with Gasteiger partial charge < -0.3 is 10.5 Å². The number of nitrogens with two attached hydrogens (primary N) is 1. The third-order valence-electron chi connectivity index (χ3n) is 4.62. The maximum absolute atomic E-state index is 5.64. The number of ether oxygens (including phenoxy) is 1. The van der Waals surface area contributed by atoms with Gasteiger partial charge in [-0.1, -0.05) is 12.8 Å². The van der Waals surface area contributed by atoms with E-state index in [1.807, 2.05) is 7.11 Å². The molecule has 1 saturated heterocycles. The van der Waals surface area contributed by atoms with Crippen LogP contribution >= 0.6 is 0 Å². The highest BCUT2D eigenvalue weighted by molar-refractivity contribution is 4.92. The van der Waals surface area contributed by atoms with Crippen LogP contribution in [0.1, 0.15) is 44.9 Å². The van der Waals surface area contributed by atoms with Crippen molar-refractivity contribution in [3.8, 4) is 0 Å². The zero-order valence-electron chi connectivity index (χ0n) is 11.2. The van der Waals surface area contributed by atoms with Gasteiger partial charge in [-0.2, -0.15) is 0 Å². The molecule has 3 unspecified atom stereocenters. The van der Waals surface area contributed by atoms with Gasteiger partial charge in [-0.25, -0.2) is 0 Å². The third-order valence-corrected chi connectivity index (χ3v) is 4.62. The van der Waals surface area contributed by atoms with Crippen LogP contribution in [-0.2, 0) is 4.74 Å². The van der Waals surface area contributed by atoms with Crippen LogP contribution in [0.3, 0.4) is 0 Å². The minimum Gasteiger partial charge on any atom is -0.383 e. The molecule has 0 bridgehead atoms. The van der Waals surface area contributed by atoms with Crippen LogP contribution < -0.4 is 5.73 Å². The van der Waals surface area contributed by atoms with Gasteiger partial charge in [0, 0.05) is 19.2 Å². The van der Waals surface area contributed by atoms with Gasteiger partial charge >= 0.3 is 0 Å². The van der Waals surface area contributed by atoms with E-state index in [0.29, 0.717) is 6.04 Å². The van der Waals surface area contributed by atoms with Crippen molar-refractivity contribution in [1.82, 2.24) is 4.90 Å². The Bertz CT molecular complexity index is 222. The van der Waals surface area contributed by atoms with Gasteiger partial charge in [0.05, 0.1) is 6.61 Å². The second-order valence-electron chi connectivity index (χ2n) is 5.68. The molecule has 1 saturated carbocycles. The lowest BCUT2D eigenvalue weighted by molar-refractivity contribution is 0.0594. The quantitative estimate of drug-likeness (QED) is 0.772. The summed E-state index contributed by atoms with van der Waals surface area (Å²) < 4.78 is 5.41. The topological polar surface area (TPSA) is 38.5 Å². The monoisotopic (exact) mass is 240 g/mol. The summed E-state index contributed by atoms with van der Waals surface area (Å²) in [6, 6.07) is 1.46. The highest BCUT2D eigenvalue weighted by Gasteiger charge is 2.38. The molecule has 2 aliphatic rings. The molecular weight excluding hydrogens is 212 g/mol. The molecule has 0 aromatic carbocycles. The highest BCUT2D eigenvalue weighted by atomic mass is 16.5. The molecule has 2 N–H and O–H groups in total. The fourth-order valence-corrected chi connectivity index (χ4v) is 3.79. The second kappa shape index (κ2) is 6.72. The molecule has 2 fully saturated rings. The number of hydrogen-bond acceptors (Lipinski definition) is 3. The average molecular weight is 240 g/mol. The van der Waals surface area contributed by atoms with Crippen LogP contribution in [0.15, 0.2) is 0 Å². The molecule has 1 aliphatic heterocycles. The van der Waals surface area contributed by atoms with Gasteiger partial charge in [-0.05, 0) is 51.1 Å². The summed E-state index contributed by atoms with van der Waals surface area (Å²) in [5.74, 6) is 0.973. The molecule has 3 atom stereocenters. The van der Waals surface area contributed by atoms with E-state index >= 15 is 0 Å². The SMILES string of the molecule is COCC(CCCN)N1CCC2CCCCC21. The van der Waals surface area contributed by atoms with Crippen molar-refractivity contribution in [1.29, 1.82) is 0 Å². The van der Waals surface area contributed by atoms with E-state index in [9.17, 15) is 0 Å². The molecule has 1 heterocycles. The first kappa shape index (κ1) is 13.3. The summed E-state index contributed by atoms with van der Waals surface area (Å²) in [5.41, 5.74) is 5.64. The lowest BCUT2D eigenvalue weighted by Gasteiger charge is -2.37. The predicted octanol–water partition coefficient (Wildman–Crippen LogP) is 2.00. The van der Waals surface area contributed by atoms with Gasteiger partial charge in [0.15, 0.2) is 0 Å². The Balaban J connectivity index is 1.92. The van der Waals surface area contributed by atoms with E-state index in [1.54, 1.807) is 0 Å². The summed E-state index contributed by atoms with van der Waals surface area (Å²) >= 11 is 0. The van der Waals surface area contributed by atoms with Gasteiger partial charge in [-0.15, -0.1) is 0 Å². The van der Waals surface area contributed by atoms with Crippen molar-refractivity contribution in [3.63, 3.8) is 0 Å². The summed E-state index contributed by atoms with van der Waals surface area (Å²) in [7, 11) is 1.82. The Labute approximate surface area is 106 Å². The van der Waals surface area contributed by atoms with Crippen LogP contribution in [-0.4, -0.2) is 43.8 Å². The maximum atomic E-state index is 5.64. The Morgan fingerprint density at radius 1 is 1.29 bits per heavy atom. The number of likely N-dealkylation sites (tertiary alicyclic amines) is 1. The normalized spacial score (nSPS) is 31.4. The van der Waals surface area contributed by atoms with Crippen molar-refractivity contribution in [2.24, 2.45) is 11.7 Å². The first-order valence-corrected chi connectivity index (χ1v) is 7.31. The molecule has 0 radical (unpaired) electrons. The van der Waals surface area contributed by atoms with E-state index < -0.39 is 0 Å². The zero-order valence-corrected chi connectivity index (χ0v) is 11.2. The third kappa shape index (κ3) is 3.21. The average Bonchev–Trinajstić information content (AvgIpc) is 2.78. The van der Waals surface area contributed by atoms with Crippen molar-refractivity contribution < 1.29 is 4.74 Å². The number of methoxy groups -OCH3 is 1. The lowest BCUT2D eigenvalue weighted by Crippen LogP contribution is -2.44. The van der Waals surface area contributed by atoms with Gasteiger partial charge in [0.25, 0.3) is 0 Å². The molecule has 0 aromatic heterocycles. The fraction of sp³-hybridized carbons (Fsp3) is 1.00. The first-order valence-electron chi connectivity index (χ1n) is 7.31. The predicted molar refractivity (Wildman–Crippen MR) is 71.0 cm³/mol. The molecule has 0 spiro atoms. The Morgan fingerprint density at radius 3 is 2.88 bits per heavy atom. The summed E-state index contributed by atoms with van der Waals surface area (Å²) in [6.45, 7) is 2.97. The van der Waals surface area contributed by atoms with Crippen molar-refractivity contribution in [3.05, 3.63) is 0 Å². The molecule has 1 aliphatic carbocycles. The molecular formula is C14H28N2O. The van der Waals surface area contributed by atoms with E-state index in [4.69, 9.17) is 10.5 Å². The number of rotatable bonds is 6. The van der Waals surface area contributed by atoms with Crippen LogP contribution in [0.25, 0.3) is 0 Å². The van der Waals surface area contributed by atoms with Crippen LogP contribution in [0, 0.1) is 5.92 Å². The number of nitrogens with zero attached hydrogens (tertiary/aromatic N) is 1. The van der Waals surface area contributed by atoms with Gasteiger partial charge in [0.2, 0.25) is 0 Å². The Kier molecular flexibility index (Phi) is 5.26. The van der Waals surface area contributed by atoms with E-state index in [2.05, 4.69) is 4.90 Å². The van der Waals surface area contributed by atoms with Gasteiger partial charge in [-0.3, -0.25) is 4.90 Å². The Hall–Kier alpha value is -0.120. The molecule has 17 heavy (non-hydrogen) atoms. The molecule has 3 heteroatoms. The standard InChI is InChI=1S/C14H28N2O/c1-17-11-13(6-4-9-15)16-10-8-12-5-2-3-7-14(12)16/h12-14H,2-11,15H2,1H3. The molecule has 0 amide bonds. The largest absolute Gasteiger partial charge is 0.383 e. The van der Waals surface area contributed by atoms with E-state index in [-0.39, 0.29) is 0 Å². The molecule has 2 rings (SSSR count). The highest BCUT2D eigenvalue weighted by Crippen LogP contribution is 2.37. The molecule has 100 valence electrons. The Morgan fingerprint density at radius 2 is 2.12 bits per heavy atom. The van der Waals surface area contributed by atoms with Crippen LogP contribution in [0.4, 0.5) is 0 Å². The molecule has 3 nitrogen and oxygen atoms in total. The van der Waals surface area contributed by atoms with Crippen molar-refractivity contribution in [2.45, 2.75) is 57.0 Å². The van der Waals surface area contributed by atoms with E-state index in [1.165, 1.54) is 45.1 Å². The zero-order chi connectivity index (χ0) is 12.1. The maximum Gasteiger partial charge on any atom is 0.0618 e. The summed E-state index contributed by atoms with van der Waals surface area (Å²) in [4.78, 5) is 2.74. The van der Waals surface area contributed by atoms with Crippen molar-refractivity contribution in [2.75, 3.05) is 26.8 Å². The van der Waals surface area contributed by atoms with Crippen molar-refractivity contribution >= 4 is 0 Å². The second-order valence-corrected chi connectivity index (χ2v) is 5.68. The minimum atomic E-state index is 0.608. The van der Waals surface area contributed by atoms with Crippen LogP contribution in [0.2, 0.25) is 0 Å². The number of hydrogen-bond donors (Lipinski definition) is 1.